The van der Waals surface area contributed by atoms with Crippen molar-refractivity contribution in [1.29, 1.82) is 0 Å². The maximum Gasteiger partial charge on any atom is 0.305 e. The number of rotatable bonds is 7. The Bertz CT molecular complexity index is 3000. The molecule has 340 valence electrons. The Morgan fingerprint density at radius 3 is 1.24 bits per heavy atom. The minimum absolute atomic E-state index is 0.178. The summed E-state index contributed by atoms with van der Waals surface area (Å²) in [4.78, 5) is 20.8. The number of halogens is 3. The molecule has 8 aromatic rings. The van der Waals surface area contributed by atoms with E-state index < -0.39 is 32.9 Å². The van der Waals surface area contributed by atoms with E-state index in [-0.39, 0.29) is 11.1 Å². The summed E-state index contributed by atoms with van der Waals surface area (Å²) in [5, 5.41) is 22.8. The molecule has 1 aliphatic rings. The molecule has 1 aliphatic heterocycles. The topological polar surface area (TPSA) is 148 Å². The fraction of sp³-hybridized carbons (Fsp3) is 0.127. The number of benzene rings is 8. The third kappa shape index (κ3) is 11.8. The molecule has 0 saturated carbocycles. The van der Waals surface area contributed by atoms with E-state index in [2.05, 4.69) is 0 Å². The second-order valence-corrected chi connectivity index (χ2v) is 16.0. The van der Waals surface area contributed by atoms with Gasteiger partial charge in [0.1, 0.15) is 0 Å². The Balaban J connectivity index is 0.000000176. The molecule has 1 fully saturated rings. The molecule has 9 nitrogen and oxygen atoms in total. The molecule has 0 aliphatic carbocycles. The summed E-state index contributed by atoms with van der Waals surface area (Å²) in [7, 11) is 0. The van der Waals surface area contributed by atoms with Gasteiger partial charge in [-0.2, -0.15) is 8.78 Å². The lowest BCUT2D eigenvalue weighted by molar-refractivity contribution is -0.387. The maximum absolute atomic E-state index is 15.0. The van der Waals surface area contributed by atoms with E-state index in [9.17, 15) is 24.6 Å². The Labute approximate surface area is 393 Å². The van der Waals surface area contributed by atoms with Crippen LogP contribution in [0.15, 0.2) is 170 Å². The molecular formula is C55H49ClF2N4O5. The van der Waals surface area contributed by atoms with Crippen molar-refractivity contribution in [1.82, 2.24) is 0 Å². The van der Waals surface area contributed by atoms with Gasteiger partial charge in [-0.05, 0) is 95.8 Å². The lowest BCUT2D eigenvalue weighted by Gasteiger charge is -2.18. The van der Waals surface area contributed by atoms with E-state index in [1.54, 1.807) is 30.3 Å². The van der Waals surface area contributed by atoms with Gasteiger partial charge in [-0.15, -0.1) is 0 Å². The van der Waals surface area contributed by atoms with Gasteiger partial charge in [0.05, 0.1) is 14.9 Å². The molecule has 0 spiro atoms. The number of para-hydroxylation sites is 2. The van der Waals surface area contributed by atoms with Crippen LogP contribution in [0.1, 0.15) is 29.5 Å². The summed E-state index contributed by atoms with van der Waals surface area (Å²) in [6.07, 6.45) is 2.56. The molecule has 67 heavy (non-hydrogen) atoms. The van der Waals surface area contributed by atoms with E-state index in [4.69, 9.17) is 27.8 Å². The number of nitrogens with two attached hydrogens (primary N) is 2. The summed E-state index contributed by atoms with van der Waals surface area (Å²) < 4.78 is 34.6. The summed E-state index contributed by atoms with van der Waals surface area (Å²) in [5.74, 6) is -1.69. The van der Waals surface area contributed by atoms with Crippen molar-refractivity contribution in [3.05, 3.63) is 223 Å². The second-order valence-electron chi connectivity index (χ2n) is 15.6. The Kier molecular flexibility index (Phi) is 16.7. The van der Waals surface area contributed by atoms with Crippen LogP contribution in [-0.2, 0) is 4.74 Å². The molecule has 1 heterocycles. The number of aryl methyl sites for hydroxylation is 3. The van der Waals surface area contributed by atoms with Crippen LogP contribution in [0.25, 0.3) is 55.6 Å². The van der Waals surface area contributed by atoms with Crippen LogP contribution in [0.5, 0.6) is 0 Å². The normalized spacial score (nSPS) is 11.5. The van der Waals surface area contributed by atoms with Crippen molar-refractivity contribution in [2.24, 2.45) is 0 Å². The van der Waals surface area contributed by atoms with Crippen molar-refractivity contribution < 1.29 is 23.4 Å². The van der Waals surface area contributed by atoms with Crippen molar-refractivity contribution in [3.8, 4) is 55.6 Å². The molecule has 12 heteroatoms. The van der Waals surface area contributed by atoms with E-state index in [1.165, 1.54) is 37.1 Å². The van der Waals surface area contributed by atoms with Crippen molar-refractivity contribution in [3.63, 3.8) is 0 Å². The quantitative estimate of drug-likeness (QED) is 0.0919. The second kappa shape index (κ2) is 22.9. The molecule has 4 N–H and O–H groups in total. The minimum Gasteiger partial charge on any atom is -0.399 e. The number of hydrogen-bond donors (Lipinski definition) is 2. The van der Waals surface area contributed by atoms with Crippen LogP contribution in [0.2, 0.25) is 5.02 Å². The molecule has 0 radical (unpaired) electrons. The van der Waals surface area contributed by atoms with Crippen LogP contribution in [0.4, 0.5) is 31.5 Å². The van der Waals surface area contributed by atoms with Gasteiger partial charge in [-0.3, -0.25) is 20.2 Å². The van der Waals surface area contributed by atoms with Gasteiger partial charge in [-0.1, -0.05) is 157 Å². The zero-order chi connectivity index (χ0) is 48.0. The first kappa shape index (κ1) is 48.7. The first-order chi connectivity index (χ1) is 32.3. The molecule has 0 unspecified atom stereocenters. The summed E-state index contributed by atoms with van der Waals surface area (Å²) in [6, 6.07) is 49.8. The first-order valence-corrected chi connectivity index (χ1v) is 21.8. The number of nitrogen functional groups attached to an aromatic ring is 2. The van der Waals surface area contributed by atoms with E-state index in [1.807, 2.05) is 130 Å². The van der Waals surface area contributed by atoms with Gasteiger partial charge < -0.3 is 16.2 Å². The monoisotopic (exact) mass is 918 g/mol. The molecule has 8 aromatic carbocycles. The first-order valence-electron chi connectivity index (χ1n) is 21.4. The highest BCUT2D eigenvalue weighted by molar-refractivity contribution is 6.34. The third-order valence-corrected chi connectivity index (χ3v) is 11.6. The zero-order valence-corrected chi connectivity index (χ0v) is 38.0. The molecule has 0 aromatic heterocycles. The third-order valence-electron chi connectivity index (χ3n) is 11.1. The number of nitrogens with zero attached hydrogens (tertiary/aromatic N) is 2. The molecule has 0 bridgehead atoms. The predicted octanol–water partition coefficient (Wildman–Crippen LogP) is 15.0. The standard InChI is InChI=1S/C25H19FN2O2.C19H13ClFNO2.C7H9N.C4H8O/c1-16-8-6-12-19(24(16)21-11-4-5-14-22(21)27)17-9-2-3-10-18(17)20-13-7-15-23(25(20)26)28(29)30;1-12-6-4-9-15(18(12)20)13-7-2-3-8-14(13)16-10-5-11-17(19(16)21)22(23)24;1-6-4-2-3-5-7(6)8;1-2-4-5-3-1/h2-15H,27H2,1H3;2-11H,1H3;2-5H,8H2,1H3;1-4H2. The van der Waals surface area contributed by atoms with Crippen LogP contribution >= 0.6 is 11.6 Å². The highest BCUT2D eigenvalue weighted by Gasteiger charge is 2.23. The molecule has 9 rings (SSSR count). The lowest BCUT2D eigenvalue weighted by Crippen LogP contribution is -1.97. The zero-order valence-electron chi connectivity index (χ0n) is 37.2. The van der Waals surface area contributed by atoms with E-state index in [0.29, 0.717) is 21.8 Å². The van der Waals surface area contributed by atoms with Gasteiger partial charge in [-0.25, -0.2) is 0 Å². The fourth-order valence-corrected chi connectivity index (χ4v) is 7.80. The summed E-state index contributed by atoms with van der Waals surface area (Å²) >= 11 is 6.41. The highest BCUT2D eigenvalue weighted by atomic mass is 35.5. The summed E-state index contributed by atoms with van der Waals surface area (Å²) in [5.41, 5.74) is 21.8. The van der Waals surface area contributed by atoms with E-state index in [0.717, 1.165) is 75.0 Å². The van der Waals surface area contributed by atoms with Crippen LogP contribution in [0.3, 0.4) is 0 Å². The number of nitro groups is 2. The molecule has 0 atom stereocenters. The largest absolute Gasteiger partial charge is 0.399 e. The van der Waals surface area contributed by atoms with Crippen molar-refractivity contribution in [2.45, 2.75) is 33.6 Å². The number of ether oxygens (including phenoxy) is 1. The van der Waals surface area contributed by atoms with Gasteiger partial charge in [0.25, 0.3) is 0 Å². The van der Waals surface area contributed by atoms with Gasteiger partial charge in [0, 0.05) is 59.0 Å². The highest BCUT2D eigenvalue weighted by Crippen LogP contribution is 2.43. The number of hydrogen-bond acceptors (Lipinski definition) is 7. The van der Waals surface area contributed by atoms with Gasteiger partial charge >= 0.3 is 11.4 Å². The summed E-state index contributed by atoms with van der Waals surface area (Å²) in [6.45, 7) is 7.89. The van der Waals surface area contributed by atoms with E-state index >= 15 is 4.39 Å². The number of anilines is 2. The lowest BCUT2D eigenvalue weighted by atomic mass is 9.86. The van der Waals surface area contributed by atoms with Crippen LogP contribution in [0, 0.1) is 52.6 Å². The van der Waals surface area contributed by atoms with Crippen molar-refractivity contribution >= 4 is 34.4 Å². The maximum atomic E-state index is 15.0. The average molecular weight is 919 g/mol. The fourth-order valence-electron chi connectivity index (χ4n) is 7.57. The Hall–Kier alpha value is -7.73. The van der Waals surface area contributed by atoms with Gasteiger partial charge in [0.15, 0.2) is 0 Å². The van der Waals surface area contributed by atoms with Crippen molar-refractivity contribution in [2.75, 3.05) is 24.7 Å². The SMILES string of the molecule is C1CCOC1.Cc1cccc(-c2ccccc2-c2cccc([N+](=O)[O-])c2F)c1-c1ccccc1N.Cc1cccc(-c2ccccc2-c2cccc([N+](=O)[O-])c2F)c1Cl.Cc1ccccc1N. The molecule has 1 saturated heterocycles. The molecular weight excluding hydrogens is 870 g/mol. The Morgan fingerprint density at radius 1 is 0.448 bits per heavy atom. The Morgan fingerprint density at radius 2 is 0.806 bits per heavy atom. The van der Waals surface area contributed by atoms with Crippen LogP contribution in [-0.4, -0.2) is 23.1 Å². The van der Waals surface area contributed by atoms with Crippen LogP contribution < -0.4 is 11.5 Å². The minimum atomic E-state index is -0.848. The predicted molar refractivity (Wildman–Crippen MR) is 268 cm³/mol. The average Bonchev–Trinajstić information content (AvgIpc) is 3.93. The number of nitro benzene ring substituents is 2. The van der Waals surface area contributed by atoms with Gasteiger partial charge in [0.2, 0.25) is 11.6 Å². The molecule has 0 amide bonds. The smallest absolute Gasteiger partial charge is 0.305 e.